The molecule has 1 fully saturated rings. The molecule has 1 aliphatic carbocycles. The predicted octanol–water partition coefficient (Wildman–Crippen LogP) is 4.17. The summed E-state index contributed by atoms with van der Waals surface area (Å²) in [6.45, 7) is 2.21. The molecule has 3 nitrogen and oxygen atoms in total. The lowest BCUT2D eigenvalue weighted by molar-refractivity contribution is 0.141. The van der Waals surface area contributed by atoms with Crippen LogP contribution < -0.4 is 5.32 Å². The van der Waals surface area contributed by atoms with Crippen LogP contribution in [0, 0.1) is 5.92 Å². The SMILES string of the molecule is CC1CCC(Nc2nc(C(F)F)nc3ccccc23)C1. The van der Waals surface area contributed by atoms with Gasteiger partial charge >= 0.3 is 0 Å². The molecule has 0 radical (unpaired) electrons. The quantitative estimate of drug-likeness (QED) is 0.915. The van der Waals surface area contributed by atoms with Crippen LogP contribution in [0.1, 0.15) is 38.4 Å². The van der Waals surface area contributed by atoms with Gasteiger partial charge in [0.25, 0.3) is 6.43 Å². The molecule has 2 aromatic rings. The zero-order chi connectivity index (χ0) is 14.1. The summed E-state index contributed by atoms with van der Waals surface area (Å²) in [4.78, 5) is 7.94. The van der Waals surface area contributed by atoms with Crippen LogP contribution in [0.15, 0.2) is 24.3 Å². The minimum absolute atomic E-state index is 0.314. The third kappa shape index (κ3) is 2.57. The highest BCUT2D eigenvalue weighted by molar-refractivity contribution is 5.89. The van der Waals surface area contributed by atoms with E-state index in [9.17, 15) is 8.78 Å². The highest BCUT2D eigenvalue weighted by Crippen LogP contribution is 2.30. The summed E-state index contributed by atoms with van der Waals surface area (Å²) in [5, 5.41) is 4.13. The molecule has 1 heterocycles. The van der Waals surface area contributed by atoms with Crippen LogP contribution >= 0.6 is 0 Å². The summed E-state index contributed by atoms with van der Waals surface area (Å²) in [7, 11) is 0. The number of benzene rings is 1. The molecule has 2 atom stereocenters. The second-order valence-electron chi connectivity index (χ2n) is 5.51. The highest BCUT2D eigenvalue weighted by Gasteiger charge is 2.23. The van der Waals surface area contributed by atoms with Gasteiger partial charge in [0.05, 0.1) is 5.52 Å². The molecule has 0 amide bonds. The zero-order valence-electron chi connectivity index (χ0n) is 11.3. The maximum atomic E-state index is 12.9. The maximum absolute atomic E-state index is 12.9. The third-order valence-corrected chi connectivity index (χ3v) is 3.85. The topological polar surface area (TPSA) is 37.8 Å². The number of rotatable bonds is 3. The highest BCUT2D eigenvalue weighted by atomic mass is 19.3. The monoisotopic (exact) mass is 277 g/mol. The van der Waals surface area contributed by atoms with E-state index in [0.29, 0.717) is 23.3 Å². The van der Waals surface area contributed by atoms with Gasteiger partial charge in [-0.05, 0) is 37.3 Å². The van der Waals surface area contributed by atoms with Crippen molar-refractivity contribution in [1.82, 2.24) is 9.97 Å². The Morgan fingerprint density at radius 3 is 2.70 bits per heavy atom. The van der Waals surface area contributed by atoms with Crippen LogP contribution in [-0.2, 0) is 0 Å². The Hall–Kier alpha value is -1.78. The van der Waals surface area contributed by atoms with E-state index < -0.39 is 12.2 Å². The van der Waals surface area contributed by atoms with Crippen molar-refractivity contribution in [2.75, 3.05) is 5.32 Å². The van der Waals surface area contributed by atoms with Crippen molar-refractivity contribution in [2.24, 2.45) is 5.92 Å². The molecule has 0 saturated heterocycles. The minimum Gasteiger partial charge on any atom is -0.367 e. The molecule has 0 aliphatic heterocycles. The number of nitrogens with one attached hydrogen (secondary N) is 1. The molecular formula is C15H17F2N3. The molecule has 1 saturated carbocycles. The fraction of sp³-hybridized carbons (Fsp3) is 0.467. The van der Waals surface area contributed by atoms with Gasteiger partial charge < -0.3 is 5.32 Å². The second kappa shape index (κ2) is 5.31. The predicted molar refractivity (Wildman–Crippen MR) is 74.9 cm³/mol. The Labute approximate surface area is 116 Å². The van der Waals surface area contributed by atoms with E-state index in [1.165, 1.54) is 6.42 Å². The number of anilines is 1. The number of hydrogen-bond donors (Lipinski definition) is 1. The number of alkyl halides is 2. The van der Waals surface area contributed by atoms with E-state index in [1.807, 2.05) is 12.1 Å². The summed E-state index contributed by atoms with van der Waals surface area (Å²) < 4.78 is 25.8. The van der Waals surface area contributed by atoms with E-state index >= 15 is 0 Å². The van der Waals surface area contributed by atoms with E-state index in [0.717, 1.165) is 18.2 Å². The summed E-state index contributed by atoms with van der Waals surface area (Å²) in [5.74, 6) is 0.803. The van der Waals surface area contributed by atoms with Crippen molar-refractivity contribution in [1.29, 1.82) is 0 Å². The van der Waals surface area contributed by atoms with Crippen molar-refractivity contribution in [3.8, 4) is 0 Å². The van der Waals surface area contributed by atoms with Crippen LogP contribution in [0.4, 0.5) is 14.6 Å². The average Bonchev–Trinajstić information content (AvgIpc) is 2.84. The first kappa shape index (κ1) is 13.2. The molecule has 1 N–H and O–H groups in total. The van der Waals surface area contributed by atoms with Gasteiger partial charge in [0.2, 0.25) is 0 Å². The first-order valence-corrected chi connectivity index (χ1v) is 6.95. The van der Waals surface area contributed by atoms with E-state index in [-0.39, 0.29) is 0 Å². The lowest BCUT2D eigenvalue weighted by Gasteiger charge is -2.15. The molecule has 1 aromatic heterocycles. The zero-order valence-corrected chi connectivity index (χ0v) is 11.3. The molecule has 5 heteroatoms. The Morgan fingerprint density at radius 1 is 1.20 bits per heavy atom. The number of nitrogens with zero attached hydrogens (tertiary/aromatic N) is 2. The molecule has 1 aromatic carbocycles. The van der Waals surface area contributed by atoms with Gasteiger partial charge in [-0.25, -0.2) is 18.7 Å². The number of para-hydroxylation sites is 1. The molecule has 2 unspecified atom stereocenters. The van der Waals surface area contributed by atoms with Crippen LogP contribution in [0.3, 0.4) is 0 Å². The van der Waals surface area contributed by atoms with Gasteiger partial charge in [-0.3, -0.25) is 0 Å². The molecule has 0 spiro atoms. The van der Waals surface area contributed by atoms with Crippen LogP contribution in [0.2, 0.25) is 0 Å². The third-order valence-electron chi connectivity index (χ3n) is 3.85. The van der Waals surface area contributed by atoms with Crippen molar-refractivity contribution >= 4 is 16.7 Å². The molecule has 1 aliphatic rings. The van der Waals surface area contributed by atoms with Crippen molar-refractivity contribution < 1.29 is 8.78 Å². The number of fused-ring (bicyclic) bond motifs is 1. The molecule has 106 valence electrons. The molecule has 0 bridgehead atoms. The van der Waals surface area contributed by atoms with E-state index in [1.54, 1.807) is 12.1 Å². The first-order valence-electron chi connectivity index (χ1n) is 6.95. The normalized spacial score (nSPS) is 22.6. The summed E-state index contributed by atoms with van der Waals surface area (Å²) in [6, 6.07) is 7.59. The Balaban J connectivity index is 1.99. The van der Waals surface area contributed by atoms with Crippen molar-refractivity contribution in [2.45, 2.75) is 38.7 Å². The Bertz CT molecular complexity index is 615. The lowest BCUT2D eigenvalue weighted by Crippen LogP contribution is -2.17. The van der Waals surface area contributed by atoms with E-state index in [2.05, 4.69) is 22.2 Å². The van der Waals surface area contributed by atoms with Crippen molar-refractivity contribution in [3.63, 3.8) is 0 Å². The summed E-state index contributed by atoms with van der Waals surface area (Å²) in [6.07, 6.45) is 0.636. The van der Waals surface area contributed by atoms with Gasteiger partial charge in [-0.1, -0.05) is 19.1 Å². The van der Waals surface area contributed by atoms with Gasteiger partial charge in [-0.2, -0.15) is 0 Å². The summed E-state index contributed by atoms with van der Waals surface area (Å²) >= 11 is 0. The van der Waals surface area contributed by atoms with Crippen molar-refractivity contribution in [3.05, 3.63) is 30.1 Å². The maximum Gasteiger partial charge on any atom is 0.297 e. The summed E-state index contributed by atoms with van der Waals surface area (Å²) in [5.41, 5.74) is 0.561. The second-order valence-corrected chi connectivity index (χ2v) is 5.51. The lowest BCUT2D eigenvalue weighted by atomic mass is 10.1. The Morgan fingerprint density at radius 2 is 2.00 bits per heavy atom. The van der Waals surface area contributed by atoms with Gasteiger partial charge in [0.1, 0.15) is 5.82 Å². The average molecular weight is 277 g/mol. The van der Waals surface area contributed by atoms with Gasteiger partial charge in [-0.15, -0.1) is 0 Å². The molecular weight excluding hydrogens is 260 g/mol. The first-order chi connectivity index (χ1) is 9.63. The number of hydrogen-bond acceptors (Lipinski definition) is 3. The fourth-order valence-electron chi connectivity index (χ4n) is 2.83. The molecule has 3 rings (SSSR count). The van der Waals surface area contributed by atoms with Crippen LogP contribution in [0.5, 0.6) is 0 Å². The van der Waals surface area contributed by atoms with E-state index in [4.69, 9.17) is 0 Å². The standard InChI is InChI=1S/C15H17F2N3/c1-9-6-7-10(8-9)18-14-11-4-2-3-5-12(11)19-15(20-14)13(16)17/h2-5,9-10,13H,6-8H2,1H3,(H,18,19,20). The van der Waals surface area contributed by atoms with Crippen LogP contribution in [0.25, 0.3) is 10.9 Å². The largest absolute Gasteiger partial charge is 0.367 e. The minimum atomic E-state index is -2.65. The fourth-order valence-corrected chi connectivity index (χ4v) is 2.83. The van der Waals surface area contributed by atoms with Gasteiger partial charge in [0.15, 0.2) is 5.82 Å². The smallest absolute Gasteiger partial charge is 0.297 e. The number of halogens is 2. The Kier molecular flexibility index (Phi) is 3.51. The number of aromatic nitrogens is 2. The molecule has 20 heavy (non-hydrogen) atoms. The van der Waals surface area contributed by atoms with Gasteiger partial charge in [0, 0.05) is 11.4 Å². The van der Waals surface area contributed by atoms with Crippen LogP contribution in [-0.4, -0.2) is 16.0 Å².